The maximum atomic E-state index is 11.8. The molecule has 17 heavy (non-hydrogen) atoms. The van der Waals surface area contributed by atoms with E-state index in [1.54, 1.807) is 11.3 Å². The molecule has 0 aliphatic rings. The molecule has 1 atom stereocenters. The van der Waals surface area contributed by atoms with E-state index in [4.69, 9.17) is 0 Å². The van der Waals surface area contributed by atoms with Gasteiger partial charge < -0.3 is 5.11 Å². The summed E-state index contributed by atoms with van der Waals surface area (Å²) in [6.07, 6.45) is 0.919. The Hall–Kier alpha value is -1.19. The van der Waals surface area contributed by atoms with E-state index in [1.807, 2.05) is 30.5 Å². The van der Waals surface area contributed by atoms with Crippen molar-refractivity contribution in [1.29, 1.82) is 0 Å². The average molecular weight is 248 g/mol. The predicted octanol–water partition coefficient (Wildman–Crippen LogP) is 3.17. The van der Waals surface area contributed by atoms with Crippen LogP contribution in [0.5, 0.6) is 0 Å². The lowest BCUT2D eigenvalue weighted by atomic mass is 10.0. The summed E-state index contributed by atoms with van der Waals surface area (Å²) in [5.74, 6) is -0.0737. The van der Waals surface area contributed by atoms with Crippen LogP contribution >= 0.6 is 11.3 Å². The maximum Gasteiger partial charge on any atom is 0.165 e. The van der Waals surface area contributed by atoms with Crippen LogP contribution in [-0.4, -0.2) is 17.0 Å². The highest BCUT2D eigenvalue weighted by Crippen LogP contribution is 2.26. The van der Waals surface area contributed by atoms with E-state index >= 15 is 0 Å². The highest BCUT2D eigenvalue weighted by atomic mass is 32.1. The van der Waals surface area contributed by atoms with Crippen LogP contribution in [0, 0.1) is 0 Å². The van der Waals surface area contributed by atoms with Crippen molar-refractivity contribution in [3.8, 4) is 0 Å². The molecule has 90 valence electrons. The van der Waals surface area contributed by atoms with E-state index in [0.29, 0.717) is 12.8 Å². The number of hydrogen-bond acceptors (Lipinski definition) is 3. The van der Waals surface area contributed by atoms with Gasteiger partial charge >= 0.3 is 0 Å². The van der Waals surface area contributed by atoms with E-state index in [-0.39, 0.29) is 5.78 Å². The number of aliphatic hydroxyl groups is 1. The first-order chi connectivity index (χ1) is 8.22. The molecule has 1 heterocycles. The van der Waals surface area contributed by atoms with Gasteiger partial charge in [-0.2, -0.15) is 0 Å². The van der Waals surface area contributed by atoms with Crippen LogP contribution < -0.4 is 0 Å². The lowest BCUT2D eigenvalue weighted by Crippen LogP contribution is -2.21. The van der Waals surface area contributed by atoms with Gasteiger partial charge in [0.1, 0.15) is 6.10 Å². The van der Waals surface area contributed by atoms with Crippen molar-refractivity contribution in [3.05, 3.63) is 35.2 Å². The lowest BCUT2D eigenvalue weighted by molar-refractivity contribution is -0.126. The topological polar surface area (TPSA) is 37.3 Å². The van der Waals surface area contributed by atoms with Crippen molar-refractivity contribution in [2.45, 2.75) is 32.3 Å². The third kappa shape index (κ3) is 2.73. The molecular formula is C14H16O2S. The lowest BCUT2D eigenvalue weighted by Gasteiger charge is -2.07. The number of aliphatic hydroxyl groups excluding tert-OH is 1. The Labute approximate surface area is 105 Å². The Balaban J connectivity index is 2.16. The van der Waals surface area contributed by atoms with Crippen LogP contribution in [0.15, 0.2) is 29.6 Å². The third-order valence-corrected chi connectivity index (χ3v) is 3.87. The minimum atomic E-state index is -0.807. The monoisotopic (exact) mass is 248 g/mol. The van der Waals surface area contributed by atoms with E-state index < -0.39 is 6.10 Å². The molecule has 0 fully saturated rings. The number of thiophene rings is 1. The van der Waals surface area contributed by atoms with E-state index in [0.717, 1.165) is 17.4 Å². The number of benzene rings is 1. The number of Topliss-reactive ketones (excluding diaryl/α,β-unsaturated/α-hetero) is 1. The van der Waals surface area contributed by atoms with Crippen LogP contribution in [0.1, 0.15) is 25.3 Å². The molecule has 1 aromatic carbocycles. The number of rotatable bonds is 5. The average Bonchev–Trinajstić information content (AvgIpc) is 2.73. The number of carbonyl (C=O) groups is 1. The fraction of sp³-hybridized carbons (Fsp3) is 0.357. The summed E-state index contributed by atoms with van der Waals surface area (Å²) >= 11 is 1.65. The summed E-state index contributed by atoms with van der Waals surface area (Å²) in [6.45, 7) is 1.97. The van der Waals surface area contributed by atoms with Crippen molar-refractivity contribution < 1.29 is 9.90 Å². The Kier molecular flexibility index (Phi) is 3.92. The van der Waals surface area contributed by atoms with Crippen LogP contribution in [-0.2, 0) is 11.2 Å². The highest BCUT2D eigenvalue weighted by molar-refractivity contribution is 7.17. The molecular weight excluding hydrogens is 232 g/mol. The van der Waals surface area contributed by atoms with Gasteiger partial charge in [-0.1, -0.05) is 31.5 Å². The van der Waals surface area contributed by atoms with Crippen molar-refractivity contribution in [2.24, 2.45) is 0 Å². The molecule has 0 saturated carbocycles. The van der Waals surface area contributed by atoms with Gasteiger partial charge in [0.25, 0.3) is 0 Å². The van der Waals surface area contributed by atoms with Crippen LogP contribution in [0.2, 0.25) is 0 Å². The zero-order valence-electron chi connectivity index (χ0n) is 9.85. The molecule has 0 radical (unpaired) electrons. The summed E-state index contributed by atoms with van der Waals surface area (Å²) < 4.78 is 1.19. The summed E-state index contributed by atoms with van der Waals surface area (Å²) in [6, 6.07) is 8.05. The van der Waals surface area contributed by atoms with Gasteiger partial charge in [0, 0.05) is 11.1 Å². The molecule has 3 heteroatoms. The molecule has 1 aromatic heterocycles. The Morgan fingerprint density at radius 3 is 2.94 bits per heavy atom. The molecule has 0 aliphatic heterocycles. The second-order valence-electron chi connectivity index (χ2n) is 4.20. The molecule has 2 aromatic rings. The first kappa shape index (κ1) is 12.3. The first-order valence-corrected chi connectivity index (χ1v) is 6.76. The number of hydrogen-bond donors (Lipinski definition) is 1. The van der Waals surface area contributed by atoms with Crippen LogP contribution in [0.4, 0.5) is 0 Å². The molecule has 0 amide bonds. The van der Waals surface area contributed by atoms with Gasteiger partial charge in [-0.3, -0.25) is 4.79 Å². The van der Waals surface area contributed by atoms with Gasteiger partial charge in [-0.15, -0.1) is 11.3 Å². The zero-order valence-corrected chi connectivity index (χ0v) is 10.7. The fourth-order valence-electron chi connectivity index (χ4n) is 1.91. The SMILES string of the molecule is CCCC(O)C(=O)Cc1csc2ccccc12. The summed E-state index contributed by atoms with van der Waals surface area (Å²) in [7, 11) is 0. The van der Waals surface area contributed by atoms with Crippen molar-refractivity contribution >= 4 is 27.2 Å². The fourth-order valence-corrected chi connectivity index (χ4v) is 2.87. The van der Waals surface area contributed by atoms with Gasteiger partial charge in [0.15, 0.2) is 5.78 Å². The summed E-state index contributed by atoms with van der Waals surface area (Å²) in [5, 5.41) is 12.8. The smallest absolute Gasteiger partial charge is 0.165 e. The number of carbonyl (C=O) groups excluding carboxylic acids is 1. The highest BCUT2D eigenvalue weighted by Gasteiger charge is 2.16. The maximum absolute atomic E-state index is 11.8. The normalized spacial score (nSPS) is 12.8. The minimum absolute atomic E-state index is 0.0737. The van der Waals surface area contributed by atoms with Crippen LogP contribution in [0.25, 0.3) is 10.1 Å². The van der Waals surface area contributed by atoms with Crippen molar-refractivity contribution in [3.63, 3.8) is 0 Å². The van der Waals surface area contributed by atoms with Gasteiger partial charge in [0.2, 0.25) is 0 Å². The number of ketones is 1. The van der Waals surface area contributed by atoms with Crippen molar-refractivity contribution in [2.75, 3.05) is 0 Å². The quantitative estimate of drug-likeness (QED) is 0.882. The molecule has 2 nitrogen and oxygen atoms in total. The molecule has 2 rings (SSSR count). The molecule has 0 saturated heterocycles. The van der Waals surface area contributed by atoms with Gasteiger partial charge in [0.05, 0.1) is 0 Å². The largest absolute Gasteiger partial charge is 0.385 e. The minimum Gasteiger partial charge on any atom is -0.385 e. The Morgan fingerprint density at radius 2 is 2.18 bits per heavy atom. The Bertz CT molecular complexity index is 516. The van der Waals surface area contributed by atoms with E-state index in [9.17, 15) is 9.90 Å². The summed E-state index contributed by atoms with van der Waals surface area (Å²) in [4.78, 5) is 11.8. The van der Waals surface area contributed by atoms with Gasteiger partial charge in [-0.05, 0) is 28.8 Å². The zero-order chi connectivity index (χ0) is 12.3. The van der Waals surface area contributed by atoms with Crippen LogP contribution in [0.3, 0.4) is 0 Å². The first-order valence-electron chi connectivity index (χ1n) is 5.88. The molecule has 0 spiro atoms. The molecule has 0 aliphatic carbocycles. The molecule has 1 N–H and O–H groups in total. The van der Waals surface area contributed by atoms with E-state index in [2.05, 4.69) is 6.07 Å². The predicted molar refractivity (Wildman–Crippen MR) is 71.5 cm³/mol. The second-order valence-corrected chi connectivity index (χ2v) is 5.12. The van der Waals surface area contributed by atoms with E-state index in [1.165, 1.54) is 4.70 Å². The van der Waals surface area contributed by atoms with Crippen molar-refractivity contribution in [1.82, 2.24) is 0 Å². The standard InChI is InChI=1S/C14H16O2S/c1-2-5-12(15)13(16)8-10-9-17-14-7-4-3-6-11(10)14/h3-4,6-7,9,12,15H,2,5,8H2,1H3. The Morgan fingerprint density at radius 1 is 1.41 bits per heavy atom. The van der Waals surface area contributed by atoms with Gasteiger partial charge in [-0.25, -0.2) is 0 Å². The molecule has 1 unspecified atom stereocenters. The molecule has 0 bridgehead atoms. The summed E-state index contributed by atoms with van der Waals surface area (Å²) in [5.41, 5.74) is 1.03. The number of fused-ring (bicyclic) bond motifs is 1. The second kappa shape index (κ2) is 5.43. The third-order valence-electron chi connectivity index (χ3n) is 2.86.